The van der Waals surface area contributed by atoms with Crippen LogP contribution in [0.3, 0.4) is 0 Å². The zero-order valence-electron chi connectivity index (χ0n) is 12.2. The van der Waals surface area contributed by atoms with E-state index in [0.29, 0.717) is 12.1 Å². The molecule has 3 heteroatoms. The van der Waals surface area contributed by atoms with Crippen LogP contribution in [0.2, 0.25) is 0 Å². The average Bonchev–Trinajstić information content (AvgIpc) is 2.30. The molecule has 1 aliphatic heterocycles. The van der Waals surface area contributed by atoms with Crippen molar-refractivity contribution in [2.75, 3.05) is 39.8 Å². The third kappa shape index (κ3) is 5.36. The fourth-order valence-electron chi connectivity index (χ4n) is 2.64. The van der Waals surface area contributed by atoms with E-state index in [9.17, 15) is 0 Å². The molecule has 0 aromatic heterocycles. The molecule has 2 unspecified atom stereocenters. The van der Waals surface area contributed by atoms with Gasteiger partial charge >= 0.3 is 0 Å². The Hall–Kier alpha value is -0.120. The summed E-state index contributed by atoms with van der Waals surface area (Å²) in [4.78, 5) is 5.14. The summed E-state index contributed by atoms with van der Waals surface area (Å²) >= 11 is 0. The van der Waals surface area contributed by atoms with E-state index in [4.69, 9.17) is 0 Å². The molecule has 0 aromatic carbocycles. The summed E-state index contributed by atoms with van der Waals surface area (Å²) in [5.74, 6) is 0. The van der Waals surface area contributed by atoms with Gasteiger partial charge in [0.05, 0.1) is 0 Å². The number of nitrogens with zero attached hydrogens (tertiary/aromatic N) is 2. The van der Waals surface area contributed by atoms with Crippen LogP contribution in [0.15, 0.2) is 0 Å². The van der Waals surface area contributed by atoms with Crippen LogP contribution in [0.1, 0.15) is 40.0 Å². The van der Waals surface area contributed by atoms with E-state index in [2.05, 4.69) is 42.9 Å². The second-order valence-electron chi connectivity index (χ2n) is 5.54. The van der Waals surface area contributed by atoms with Gasteiger partial charge in [-0.2, -0.15) is 0 Å². The fourth-order valence-corrected chi connectivity index (χ4v) is 2.64. The summed E-state index contributed by atoms with van der Waals surface area (Å²) in [5, 5.41) is 3.39. The van der Waals surface area contributed by atoms with Crippen LogP contribution in [0.25, 0.3) is 0 Å². The molecule has 0 saturated carbocycles. The topological polar surface area (TPSA) is 18.5 Å². The van der Waals surface area contributed by atoms with Gasteiger partial charge in [-0.25, -0.2) is 0 Å². The van der Waals surface area contributed by atoms with Crippen molar-refractivity contribution in [3.8, 4) is 0 Å². The first-order valence-electron chi connectivity index (χ1n) is 7.30. The van der Waals surface area contributed by atoms with Crippen LogP contribution in [0.5, 0.6) is 0 Å². The Morgan fingerprint density at radius 2 is 1.71 bits per heavy atom. The first-order chi connectivity index (χ1) is 8.15. The third-order valence-electron chi connectivity index (χ3n) is 4.01. The lowest BCUT2D eigenvalue weighted by molar-refractivity contribution is 0.0591. The number of hydrogen-bond acceptors (Lipinski definition) is 3. The fraction of sp³-hybridized carbons (Fsp3) is 1.00. The van der Waals surface area contributed by atoms with Crippen LogP contribution in [0.4, 0.5) is 0 Å². The molecular weight excluding hydrogens is 210 g/mol. The highest BCUT2D eigenvalue weighted by Crippen LogP contribution is 2.13. The van der Waals surface area contributed by atoms with Gasteiger partial charge in [0.2, 0.25) is 0 Å². The summed E-state index contributed by atoms with van der Waals surface area (Å²) in [6, 6.07) is 1.42. The Balaban J connectivity index is 2.07. The van der Waals surface area contributed by atoms with Crippen molar-refractivity contribution in [1.82, 2.24) is 15.1 Å². The standard InChI is InChI=1S/C14H31N3/c1-5-15-9-7-6-8-10-17-11-13(2)16(4)14(3)12-17/h13-15H,5-12H2,1-4H3. The molecule has 1 N–H and O–H groups in total. The molecule has 0 bridgehead atoms. The molecule has 1 fully saturated rings. The predicted octanol–water partition coefficient (Wildman–Crippen LogP) is 1.79. The lowest BCUT2D eigenvalue weighted by atomic mass is 10.1. The Labute approximate surface area is 108 Å². The van der Waals surface area contributed by atoms with E-state index in [1.54, 1.807) is 0 Å². The Bertz CT molecular complexity index is 184. The molecule has 1 rings (SSSR count). The third-order valence-corrected chi connectivity index (χ3v) is 4.01. The number of likely N-dealkylation sites (N-methyl/N-ethyl adjacent to an activating group) is 1. The summed E-state index contributed by atoms with van der Waals surface area (Å²) in [7, 11) is 2.25. The van der Waals surface area contributed by atoms with Crippen molar-refractivity contribution < 1.29 is 0 Å². The van der Waals surface area contributed by atoms with E-state index >= 15 is 0 Å². The molecule has 0 radical (unpaired) electrons. The van der Waals surface area contributed by atoms with Gasteiger partial charge in [0.15, 0.2) is 0 Å². The zero-order valence-corrected chi connectivity index (χ0v) is 12.2. The van der Waals surface area contributed by atoms with Crippen LogP contribution >= 0.6 is 0 Å². The molecule has 3 nitrogen and oxygen atoms in total. The van der Waals surface area contributed by atoms with Crippen molar-refractivity contribution >= 4 is 0 Å². The Morgan fingerprint density at radius 1 is 1.06 bits per heavy atom. The summed E-state index contributed by atoms with van der Waals surface area (Å²) in [6.45, 7) is 12.9. The molecule has 102 valence electrons. The monoisotopic (exact) mass is 241 g/mol. The summed E-state index contributed by atoms with van der Waals surface area (Å²) < 4.78 is 0. The van der Waals surface area contributed by atoms with Gasteiger partial charge < -0.3 is 10.2 Å². The van der Waals surface area contributed by atoms with Crippen LogP contribution < -0.4 is 5.32 Å². The minimum Gasteiger partial charge on any atom is -0.317 e. The second kappa shape index (κ2) is 8.06. The van der Waals surface area contributed by atoms with Crippen molar-refractivity contribution in [1.29, 1.82) is 0 Å². The lowest BCUT2D eigenvalue weighted by Gasteiger charge is -2.42. The van der Waals surface area contributed by atoms with E-state index < -0.39 is 0 Å². The number of nitrogens with one attached hydrogen (secondary N) is 1. The van der Waals surface area contributed by atoms with E-state index in [0.717, 1.165) is 6.54 Å². The van der Waals surface area contributed by atoms with Crippen LogP contribution in [-0.4, -0.2) is 61.7 Å². The van der Waals surface area contributed by atoms with Gasteiger partial charge in [0, 0.05) is 25.2 Å². The van der Waals surface area contributed by atoms with Gasteiger partial charge in [-0.1, -0.05) is 13.3 Å². The van der Waals surface area contributed by atoms with E-state index in [1.165, 1.54) is 45.4 Å². The van der Waals surface area contributed by atoms with Crippen LogP contribution in [0, 0.1) is 0 Å². The molecule has 17 heavy (non-hydrogen) atoms. The molecular formula is C14H31N3. The van der Waals surface area contributed by atoms with Gasteiger partial charge in [0.1, 0.15) is 0 Å². The molecule has 0 spiro atoms. The molecule has 0 aliphatic carbocycles. The number of hydrogen-bond donors (Lipinski definition) is 1. The molecule has 2 atom stereocenters. The first kappa shape index (κ1) is 14.9. The van der Waals surface area contributed by atoms with Crippen molar-refractivity contribution in [3.05, 3.63) is 0 Å². The number of rotatable bonds is 7. The minimum absolute atomic E-state index is 0.709. The van der Waals surface area contributed by atoms with E-state index in [1.807, 2.05) is 0 Å². The highest BCUT2D eigenvalue weighted by molar-refractivity contribution is 4.82. The van der Waals surface area contributed by atoms with Crippen molar-refractivity contribution in [2.24, 2.45) is 0 Å². The summed E-state index contributed by atoms with van der Waals surface area (Å²) in [5.41, 5.74) is 0. The average molecular weight is 241 g/mol. The highest BCUT2D eigenvalue weighted by Gasteiger charge is 2.25. The van der Waals surface area contributed by atoms with Gasteiger partial charge in [-0.3, -0.25) is 4.90 Å². The van der Waals surface area contributed by atoms with Crippen molar-refractivity contribution in [3.63, 3.8) is 0 Å². The maximum atomic E-state index is 3.39. The molecule has 1 aliphatic rings. The van der Waals surface area contributed by atoms with E-state index in [-0.39, 0.29) is 0 Å². The first-order valence-corrected chi connectivity index (χ1v) is 7.30. The maximum absolute atomic E-state index is 3.39. The lowest BCUT2D eigenvalue weighted by Crippen LogP contribution is -2.54. The molecule has 1 heterocycles. The number of piperazine rings is 1. The van der Waals surface area contributed by atoms with Gasteiger partial charge in [-0.05, 0) is 53.4 Å². The number of unbranched alkanes of at least 4 members (excludes halogenated alkanes) is 2. The maximum Gasteiger partial charge on any atom is 0.0195 e. The Kier molecular flexibility index (Phi) is 7.09. The molecule has 0 aromatic rings. The molecule has 0 amide bonds. The molecule has 1 saturated heterocycles. The Morgan fingerprint density at radius 3 is 2.29 bits per heavy atom. The predicted molar refractivity (Wildman–Crippen MR) is 75.5 cm³/mol. The largest absolute Gasteiger partial charge is 0.317 e. The van der Waals surface area contributed by atoms with Crippen molar-refractivity contribution in [2.45, 2.75) is 52.1 Å². The summed E-state index contributed by atoms with van der Waals surface area (Å²) in [6.07, 6.45) is 4.04. The highest BCUT2D eigenvalue weighted by atomic mass is 15.3. The van der Waals surface area contributed by atoms with Crippen LogP contribution in [-0.2, 0) is 0 Å². The normalized spacial score (nSPS) is 27.5. The smallest absolute Gasteiger partial charge is 0.0195 e. The zero-order chi connectivity index (χ0) is 12.7. The second-order valence-corrected chi connectivity index (χ2v) is 5.54. The quantitative estimate of drug-likeness (QED) is 0.686. The SMILES string of the molecule is CCNCCCCCN1CC(C)N(C)C(C)C1. The van der Waals surface area contributed by atoms with Gasteiger partial charge in [0.25, 0.3) is 0 Å². The minimum atomic E-state index is 0.709. The van der Waals surface area contributed by atoms with Gasteiger partial charge in [-0.15, -0.1) is 0 Å².